The lowest BCUT2D eigenvalue weighted by atomic mass is 10.1. The van der Waals surface area contributed by atoms with Crippen LogP contribution in [0.5, 0.6) is 0 Å². The summed E-state index contributed by atoms with van der Waals surface area (Å²) in [6.07, 6.45) is 4.20. The number of ether oxygens (including phenoxy) is 1. The van der Waals surface area contributed by atoms with Crippen molar-refractivity contribution in [2.45, 2.75) is 19.8 Å². The fraction of sp³-hybridized carbons (Fsp3) is 0.500. The maximum absolute atomic E-state index is 5.38. The Kier molecular flexibility index (Phi) is 2.36. The number of fused-ring (bicyclic) bond motifs is 1. The first-order valence-corrected chi connectivity index (χ1v) is 5.71. The fourth-order valence-electron chi connectivity index (χ4n) is 2.19. The minimum absolute atomic E-state index is 0.605. The van der Waals surface area contributed by atoms with Gasteiger partial charge in [0.2, 0.25) is 0 Å². The fourth-order valence-corrected chi connectivity index (χ4v) is 2.19. The summed E-state index contributed by atoms with van der Waals surface area (Å²) < 4.78 is 7.48. The van der Waals surface area contributed by atoms with Crippen molar-refractivity contribution in [1.82, 2.24) is 14.6 Å². The molecule has 4 heteroatoms. The van der Waals surface area contributed by atoms with Crippen LogP contribution >= 0.6 is 0 Å². The van der Waals surface area contributed by atoms with Crippen molar-refractivity contribution in [3.8, 4) is 0 Å². The van der Waals surface area contributed by atoms with Gasteiger partial charge in [0.05, 0.1) is 0 Å². The van der Waals surface area contributed by atoms with Crippen molar-refractivity contribution in [2.24, 2.45) is 5.92 Å². The molecule has 0 N–H and O–H groups in total. The summed E-state index contributed by atoms with van der Waals surface area (Å²) in [7, 11) is 0. The molecule has 0 spiro atoms. The van der Waals surface area contributed by atoms with Gasteiger partial charge in [-0.1, -0.05) is 6.07 Å². The molecule has 1 unspecified atom stereocenters. The van der Waals surface area contributed by atoms with Crippen molar-refractivity contribution in [1.29, 1.82) is 0 Å². The van der Waals surface area contributed by atoms with Gasteiger partial charge in [0.25, 0.3) is 0 Å². The molecule has 4 nitrogen and oxygen atoms in total. The molecule has 0 radical (unpaired) electrons. The van der Waals surface area contributed by atoms with E-state index in [9.17, 15) is 0 Å². The zero-order valence-electron chi connectivity index (χ0n) is 9.39. The highest BCUT2D eigenvalue weighted by molar-refractivity contribution is 5.39. The zero-order valence-corrected chi connectivity index (χ0v) is 9.39. The van der Waals surface area contributed by atoms with E-state index in [1.54, 1.807) is 0 Å². The first-order chi connectivity index (χ1) is 7.83. The van der Waals surface area contributed by atoms with Crippen LogP contribution in [0.2, 0.25) is 0 Å². The third kappa shape index (κ3) is 1.69. The van der Waals surface area contributed by atoms with E-state index < -0.39 is 0 Å². The Morgan fingerprint density at radius 3 is 3.19 bits per heavy atom. The topological polar surface area (TPSA) is 39.4 Å². The second-order valence-corrected chi connectivity index (χ2v) is 4.48. The van der Waals surface area contributed by atoms with E-state index >= 15 is 0 Å². The number of hydrogen-bond acceptors (Lipinski definition) is 3. The van der Waals surface area contributed by atoms with Crippen LogP contribution in [0, 0.1) is 12.8 Å². The highest BCUT2D eigenvalue weighted by Crippen LogP contribution is 2.18. The van der Waals surface area contributed by atoms with Crippen LogP contribution < -0.4 is 0 Å². The predicted molar refractivity (Wildman–Crippen MR) is 60.4 cm³/mol. The summed E-state index contributed by atoms with van der Waals surface area (Å²) in [6, 6.07) is 4.07. The van der Waals surface area contributed by atoms with Crippen LogP contribution in [0.4, 0.5) is 0 Å². The van der Waals surface area contributed by atoms with E-state index in [2.05, 4.69) is 33.8 Å². The van der Waals surface area contributed by atoms with Crippen LogP contribution in [0.1, 0.15) is 17.8 Å². The monoisotopic (exact) mass is 217 g/mol. The molecule has 0 aliphatic carbocycles. The summed E-state index contributed by atoms with van der Waals surface area (Å²) >= 11 is 0. The third-order valence-electron chi connectivity index (χ3n) is 3.12. The third-order valence-corrected chi connectivity index (χ3v) is 3.12. The van der Waals surface area contributed by atoms with Crippen LogP contribution in [0.25, 0.3) is 5.65 Å². The number of rotatable bonds is 2. The Balaban J connectivity index is 1.93. The van der Waals surface area contributed by atoms with Gasteiger partial charge in [-0.25, -0.2) is 0 Å². The van der Waals surface area contributed by atoms with Crippen LogP contribution in [0.15, 0.2) is 18.3 Å². The quantitative estimate of drug-likeness (QED) is 0.767. The number of aryl methyl sites for hydroxylation is 1. The Hall–Kier alpha value is -1.42. The lowest BCUT2D eigenvalue weighted by Crippen LogP contribution is -2.07. The molecule has 1 atom stereocenters. The van der Waals surface area contributed by atoms with Gasteiger partial charge in [-0.2, -0.15) is 0 Å². The smallest absolute Gasteiger partial charge is 0.160 e. The minimum atomic E-state index is 0.605. The first-order valence-electron chi connectivity index (χ1n) is 5.71. The van der Waals surface area contributed by atoms with E-state index in [-0.39, 0.29) is 0 Å². The average Bonchev–Trinajstić information content (AvgIpc) is 2.90. The van der Waals surface area contributed by atoms with Crippen molar-refractivity contribution in [2.75, 3.05) is 13.2 Å². The molecule has 0 saturated carbocycles. The van der Waals surface area contributed by atoms with Gasteiger partial charge < -0.3 is 4.74 Å². The first kappa shape index (κ1) is 9.78. The Morgan fingerprint density at radius 1 is 1.44 bits per heavy atom. The second kappa shape index (κ2) is 3.87. The van der Waals surface area contributed by atoms with Crippen molar-refractivity contribution in [3.05, 3.63) is 29.7 Å². The molecule has 0 bridgehead atoms. The maximum atomic E-state index is 5.38. The standard InChI is InChI=1S/C12H15N3O/c1-9-2-3-11-13-14-12(15(11)7-9)6-10-4-5-16-8-10/h2-3,7,10H,4-6,8H2,1H3. The molecular formula is C12H15N3O. The summed E-state index contributed by atoms with van der Waals surface area (Å²) in [5.41, 5.74) is 2.16. The highest BCUT2D eigenvalue weighted by atomic mass is 16.5. The SMILES string of the molecule is Cc1ccc2nnc(CC3CCOC3)n2c1. The minimum Gasteiger partial charge on any atom is -0.381 e. The summed E-state index contributed by atoms with van der Waals surface area (Å²) in [5, 5.41) is 8.43. The number of aromatic nitrogens is 3. The van der Waals surface area contributed by atoms with Gasteiger partial charge in [0.15, 0.2) is 5.65 Å². The molecule has 1 saturated heterocycles. The molecule has 0 aromatic carbocycles. The van der Waals surface area contributed by atoms with E-state index in [1.807, 2.05) is 6.07 Å². The largest absolute Gasteiger partial charge is 0.381 e. The Morgan fingerprint density at radius 2 is 2.38 bits per heavy atom. The van der Waals surface area contributed by atoms with Gasteiger partial charge in [-0.05, 0) is 30.9 Å². The number of pyridine rings is 1. The molecule has 1 fully saturated rings. The Bertz CT molecular complexity index is 500. The molecule has 3 heterocycles. The molecule has 1 aliphatic rings. The molecule has 84 valence electrons. The summed E-state index contributed by atoms with van der Waals surface area (Å²) in [6.45, 7) is 3.84. The van der Waals surface area contributed by atoms with Gasteiger partial charge >= 0.3 is 0 Å². The van der Waals surface area contributed by atoms with Gasteiger partial charge in [-0.3, -0.25) is 4.40 Å². The molecule has 2 aromatic rings. The van der Waals surface area contributed by atoms with Gasteiger partial charge in [0, 0.05) is 25.8 Å². The van der Waals surface area contributed by atoms with E-state index in [0.29, 0.717) is 5.92 Å². The summed E-state index contributed by atoms with van der Waals surface area (Å²) in [5.74, 6) is 1.65. The van der Waals surface area contributed by atoms with E-state index in [1.165, 1.54) is 5.56 Å². The number of hydrogen-bond donors (Lipinski definition) is 0. The average molecular weight is 217 g/mol. The van der Waals surface area contributed by atoms with Crippen molar-refractivity contribution in [3.63, 3.8) is 0 Å². The molecular weight excluding hydrogens is 202 g/mol. The molecule has 2 aromatic heterocycles. The maximum Gasteiger partial charge on any atom is 0.160 e. The zero-order chi connectivity index (χ0) is 11.0. The lowest BCUT2D eigenvalue weighted by molar-refractivity contribution is 0.185. The molecule has 1 aliphatic heterocycles. The molecule has 3 rings (SSSR count). The summed E-state index contributed by atoms with van der Waals surface area (Å²) in [4.78, 5) is 0. The van der Waals surface area contributed by atoms with Crippen molar-refractivity contribution >= 4 is 5.65 Å². The van der Waals surface area contributed by atoms with Gasteiger partial charge in [-0.15, -0.1) is 10.2 Å². The van der Waals surface area contributed by atoms with Crippen LogP contribution in [0.3, 0.4) is 0 Å². The van der Waals surface area contributed by atoms with Crippen LogP contribution in [-0.2, 0) is 11.2 Å². The second-order valence-electron chi connectivity index (χ2n) is 4.48. The Labute approximate surface area is 94.3 Å². The predicted octanol–water partition coefficient (Wildman–Crippen LogP) is 1.62. The van der Waals surface area contributed by atoms with Crippen LogP contribution in [-0.4, -0.2) is 27.8 Å². The normalized spacial score (nSPS) is 20.7. The van der Waals surface area contributed by atoms with Crippen molar-refractivity contribution < 1.29 is 4.74 Å². The molecule has 16 heavy (non-hydrogen) atoms. The lowest BCUT2D eigenvalue weighted by Gasteiger charge is -2.05. The van der Waals surface area contributed by atoms with E-state index in [4.69, 9.17) is 4.74 Å². The molecule has 0 amide bonds. The van der Waals surface area contributed by atoms with Gasteiger partial charge in [0.1, 0.15) is 5.82 Å². The highest BCUT2D eigenvalue weighted by Gasteiger charge is 2.18. The van der Waals surface area contributed by atoms with E-state index in [0.717, 1.165) is 37.5 Å². The number of nitrogens with zero attached hydrogens (tertiary/aromatic N) is 3.